The first-order chi connectivity index (χ1) is 16.8. The first kappa shape index (κ1) is 27.4. The lowest BCUT2D eigenvalue weighted by Crippen LogP contribution is -2.59. The van der Waals surface area contributed by atoms with E-state index >= 15 is 0 Å². The van der Waals surface area contributed by atoms with Gasteiger partial charge in [0, 0.05) is 37.3 Å². The fourth-order valence-corrected chi connectivity index (χ4v) is 4.46. The Morgan fingerprint density at radius 1 is 0.639 bits per heavy atom. The first-order valence-electron chi connectivity index (χ1n) is 12.9. The van der Waals surface area contributed by atoms with Gasteiger partial charge in [-0.05, 0) is 59.1 Å². The van der Waals surface area contributed by atoms with Gasteiger partial charge in [-0.2, -0.15) is 0 Å². The molecule has 2 aromatic rings. The Labute approximate surface area is 217 Å². The van der Waals surface area contributed by atoms with Crippen LogP contribution >= 0.6 is 0 Å². The molecule has 192 valence electrons. The minimum atomic E-state index is -0.0509. The van der Waals surface area contributed by atoms with Gasteiger partial charge in [0.05, 0.1) is 0 Å². The van der Waals surface area contributed by atoms with Crippen LogP contribution in [-0.2, 0) is 20.4 Å². The Hall–Kier alpha value is -3.14. The van der Waals surface area contributed by atoms with Gasteiger partial charge in [0.25, 0.3) is 0 Å². The van der Waals surface area contributed by atoms with E-state index < -0.39 is 0 Å². The molecule has 0 saturated carbocycles. The van der Waals surface area contributed by atoms with Gasteiger partial charge in [-0.25, -0.2) is 0 Å². The largest absolute Gasteiger partial charge is 0.333 e. The number of piperazine rings is 1. The minimum absolute atomic E-state index is 0.0178. The van der Waals surface area contributed by atoms with Crippen LogP contribution in [0.15, 0.2) is 60.7 Å². The summed E-state index contributed by atoms with van der Waals surface area (Å²) in [5, 5.41) is 0. The van der Waals surface area contributed by atoms with E-state index in [9.17, 15) is 9.59 Å². The van der Waals surface area contributed by atoms with Crippen LogP contribution in [-0.4, -0.2) is 46.8 Å². The van der Waals surface area contributed by atoms with Crippen LogP contribution in [0.2, 0.25) is 0 Å². The fourth-order valence-electron chi connectivity index (χ4n) is 4.46. The molecule has 1 fully saturated rings. The number of hydrogen-bond donors (Lipinski definition) is 0. The van der Waals surface area contributed by atoms with Crippen molar-refractivity contribution < 1.29 is 9.59 Å². The number of hydrogen-bond acceptors (Lipinski definition) is 2. The molecule has 1 heterocycles. The fraction of sp³-hybridized carbons (Fsp3) is 0.438. The molecule has 2 amide bonds. The summed E-state index contributed by atoms with van der Waals surface area (Å²) in [5.74, 6) is -0.0355. The lowest BCUT2D eigenvalue weighted by Gasteiger charge is -2.43. The van der Waals surface area contributed by atoms with E-state index in [1.807, 2.05) is 35.8 Å². The van der Waals surface area contributed by atoms with Crippen LogP contribution in [0.25, 0.3) is 12.2 Å². The zero-order valence-corrected chi connectivity index (χ0v) is 23.2. The summed E-state index contributed by atoms with van der Waals surface area (Å²) < 4.78 is 0. The molecule has 0 aromatic heterocycles. The van der Waals surface area contributed by atoms with Gasteiger partial charge in [0.15, 0.2) is 0 Å². The van der Waals surface area contributed by atoms with Crippen LogP contribution in [0, 0.1) is 0 Å². The lowest BCUT2D eigenvalue weighted by atomic mass is 9.87. The predicted molar refractivity (Wildman–Crippen MR) is 151 cm³/mol. The maximum Gasteiger partial charge on any atom is 0.246 e. The Morgan fingerprint density at radius 3 is 1.22 bits per heavy atom. The van der Waals surface area contributed by atoms with E-state index in [1.54, 1.807) is 12.2 Å². The Balaban J connectivity index is 1.60. The maximum atomic E-state index is 13.0. The van der Waals surface area contributed by atoms with Crippen molar-refractivity contribution in [2.45, 2.75) is 78.3 Å². The molecule has 2 aromatic carbocycles. The quantitative estimate of drug-likeness (QED) is 0.466. The van der Waals surface area contributed by atoms with Gasteiger partial charge in [-0.15, -0.1) is 0 Å². The molecule has 1 saturated heterocycles. The molecule has 0 N–H and O–H groups in total. The van der Waals surface area contributed by atoms with Crippen molar-refractivity contribution in [1.82, 2.24) is 9.80 Å². The molecule has 0 aliphatic carbocycles. The van der Waals surface area contributed by atoms with Crippen molar-refractivity contribution in [2.75, 3.05) is 13.1 Å². The Morgan fingerprint density at radius 2 is 0.944 bits per heavy atom. The zero-order valence-electron chi connectivity index (χ0n) is 23.2. The van der Waals surface area contributed by atoms with E-state index in [0.29, 0.717) is 13.1 Å². The second-order valence-corrected chi connectivity index (χ2v) is 12.1. The summed E-state index contributed by atoms with van der Waals surface area (Å²) >= 11 is 0. The predicted octanol–water partition coefficient (Wildman–Crippen LogP) is 6.46. The Kier molecular flexibility index (Phi) is 8.28. The third kappa shape index (κ3) is 6.96. The number of benzene rings is 2. The molecule has 0 radical (unpaired) electrons. The maximum absolute atomic E-state index is 13.0. The first-order valence-corrected chi connectivity index (χ1v) is 12.9. The van der Waals surface area contributed by atoms with Crippen molar-refractivity contribution in [2.24, 2.45) is 0 Å². The summed E-state index contributed by atoms with van der Waals surface area (Å²) in [7, 11) is 0. The normalized spacial score (nSPS) is 19.3. The second kappa shape index (κ2) is 10.9. The molecule has 3 rings (SSSR count). The van der Waals surface area contributed by atoms with E-state index in [2.05, 4.69) is 90.1 Å². The number of amides is 2. The molecule has 2 atom stereocenters. The topological polar surface area (TPSA) is 40.6 Å². The van der Waals surface area contributed by atoms with Crippen molar-refractivity contribution in [3.05, 3.63) is 82.9 Å². The van der Waals surface area contributed by atoms with Gasteiger partial charge >= 0.3 is 0 Å². The van der Waals surface area contributed by atoms with Gasteiger partial charge < -0.3 is 9.80 Å². The van der Waals surface area contributed by atoms with Crippen molar-refractivity contribution >= 4 is 24.0 Å². The average Bonchev–Trinajstić information content (AvgIpc) is 2.81. The third-order valence-corrected chi connectivity index (χ3v) is 6.94. The monoisotopic (exact) mass is 486 g/mol. The van der Waals surface area contributed by atoms with E-state index in [1.165, 1.54) is 11.1 Å². The van der Waals surface area contributed by atoms with Gasteiger partial charge in [-0.1, -0.05) is 90.1 Å². The molecule has 2 unspecified atom stereocenters. The summed E-state index contributed by atoms with van der Waals surface area (Å²) in [4.78, 5) is 29.6. The molecule has 0 spiro atoms. The summed E-state index contributed by atoms with van der Waals surface area (Å²) in [6.07, 6.45) is 7.04. The molecule has 0 bridgehead atoms. The van der Waals surface area contributed by atoms with Gasteiger partial charge in [0.1, 0.15) is 0 Å². The molecular weight excluding hydrogens is 444 g/mol. The van der Waals surface area contributed by atoms with E-state index in [0.717, 1.165) is 11.1 Å². The van der Waals surface area contributed by atoms with Crippen LogP contribution in [0.4, 0.5) is 0 Å². The van der Waals surface area contributed by atoms with Crippen molar-refractivity contribution in [3.8, 4) is 0 Å². The zero-order chi connectivity index (χ0) is 26.7. The molecule has 36 heavy (non-hydrogen) atoms. The Bertz CT molecular complexity index is 1020. The van der Waals surface area contributed by atoms with Gasteiger partial charge in [-0.3, -0.25) is 9.59 Å². The highest BCUT2D eigenvalue weighted by Gasteiger charge is 2.32. The highest BCUT2D eigenvalue weighted by Crippen LogP contribution is 2.24. The SMILES string of the molecule is CC1CN(C(=O)/C=C/c2ccc(C(C)(C)C)cc2)C(C)CN1C(=O)/C=C/c1ccc(C(C)(C)C)cc1. The third-order valence-electron chi connectivity index (χ3n) is 6.94. The summed E-state index contributed by atoms with van der Waals surface area (Å²) in [5.41, 5.74) is 4.76. The van der Waals surface area contributed by atoms with Crippen LogP contribution in [0.5, 0.6) is 0 Å². The molecule has 4 nitrogen and oxygen atoms in total. The average molecular weight is 487 g/mol. The number of nitrogens with zero attached hydrogens (tertiary/aromatic N) is 2. The van der Waals surface area contributed by atoms with Crippen molar-refractivity contribution in [3.63, 3.8) is 0 Å². The summed E-state index contributed by atoms with van der Waals surface area (Å²) in [6.45, 7) is 18.2. The lowest BCUT2D eigenvalue weighted by molar-refractivity contribution is -0.139. The molecule has 4 heteroatoms. The van der Waals surface area contributed by atoms with Crippen LogP contribution < -0.4 is 0 Å². The molecule has 1 aliphatic heterocycles. The highest BCUT2D eigenvalue weighted by atomic mass is 16.2. The molecular formula is C32H42N2O2. The second-order valence-electron chi connectivity index (χ2n) is 12.1. The van der Waals surface area contributed by atoms with Crippen LogP contribution in [0.1, 0.15) is 77.6 Å². The van der Waals surface area contributed by atoms with E-state index in [4.69, 9.17) is 0 Å². The van der Waals surface area contributed by atoms with E-state index in [-0.39, 0.29) is 34.7 Å². The van der Waals surface area contributed by atoms with Gasteiger partial charge in [0.2, 0.25) is 11.8 Å². The highest BCUT2D eigenvalue weighted by molar-refractivity contribution is 5.94. The smallest absolute Gasteiger partial charge is 0.246 e. The minimum Gasteiger partial charge on any atom is -0.333 e. The summed E-state index contributed by atoms with van der Waals surface area (Å²) in [6, 6.07) is 16.6. The van der Waals surface area contributed by atoms with Crippen LogP contribution in [0.3, 0.4) is 0 Å². The molecule has 1 aliphatic rings. The standard InChI is InChI=1S/C32H42N2O2/c1-23-21-34(30(36)20-14-26-11-17-28(18-12-26)32(6,7)8)24(2)22-33(23)29(35)19-13-25-9-15-27(16-10-25)31(3,4)5/h9-20,23-24H,21-22H2,1-8H3/b19-13+,20-14+. The van der Waals surface area contributed by atoms with Crippen molar-refractivity contribution in [1.29, 1.82) is 0 Å². The number of carbonyl (C=O) groups excluding carboxylic acids is 2. The number of carbonyl (C=O) groups is 2. The number of rotatable bonds is 4.